The quantitative estimate of drug-likeness (QED) is 0.630. The van der Waals surface area contributed by atoms with Crippen molar-refractivity contribution in [3.05, 3.63) is 0 Å². The van der Waals surface area contributed by atoms with E-state index in [1.807, 2.05) is 0 Å². The molecule has 0 aliphatic carbocycles. The first-order valence-electron chi connectivity index (χ1n) is 7.34. The largest absolute Gasteiger partial charge is 0.383 e. The van der Waals surface area contributed by atoms with Crippen LogP contribution in [0.25, 0.3) is 0 Å². The van der Waals surface area contributed by atoms with Gasteiger partial charge in [0.2, 0.25) is 5.91 Å². The highest BCUT2D eigenvalue weighted by Crippen LogP contribution is 2.13. The highest BCUT2D eigenvalue weighted by Gasteiger charge is 2.20. The monoisotopic (exact) mass is 271 g/mol. The minimum Gasteiger partial charge on any atom is -0.383 e. The highest BCUT2D eigenvalue weighted by atomic mass is 16.5. The van der Waals surface area contributed by atoms with Crippen LogP contribution in [0.4, 0.5) is 0 Å². The number of carbonyl (C=O) groups excluding carboxylic acids is 1. The molecule has 0 bridgehead atoms. The van der Waals surface area contributed by atoms with E-state index in [9.17, 15) is 4.79 Å². The lowest BCUT2D eigenvalue weighted by Crippen LogP contribution is -2.46. The van der Waals surface area contributed by atoms with Gasteiger partial charge in [-0.2, -0.15) is 0 Å². The van der Waals surface area contributed by atoms with Crippen molar-refractivity contribution in [3.63, 3.8) is 0 Å². The Morgan fingerprint density at radius 2 is 2.32 bits per heavy atom. The van der Waals surface area contributed by atoms with Gasteiger partial charge in [-0.15, -0.1) is 0 Å². The molecule has 19 heavy (non-hydrogen) atoms. The summed E-state index contributed by atoms with van der Waals surface area (Å²) in [6.07, 6.45) is 2.51. The summed E-state index contributed by atoms with van der Waals surface area (Å²) in [6.45, 7) is 9.16. The number of hydrogen-bond donors (Lipinski definition) is 2. The van der Waals surface area contributed by atoms with Gasteiger partial charge < -0.3 is 15.4 Å². The molecular weight excluding hydrogens is 242 g/mol. The molecule has 1 aliphatic heterocycles. The smallest absolute Gasteiger partial charge is 0.234 e. The van der Waals surface area contributed by atoms with Crippen molar-refractivity contribution in [1.82, 2.24) is 15.5 Å². The van der Waals surface area contributed by atoms with Crippen LogP contribution in [0.2, 0.25) is 0 Å². The van der Waals surface area contributed by atoms with Gasteiger partial charge in [0.05, 0.1) is 13.2 Å². The Morgan fingerprint density at radius 1 is 1.53 bits per heavy atom. The van der Waals surface area contributed by atoms with Crippen LogP contribution < -0.4 is 10.6 Å². The van der Waals surface area contributed by atoms with Gasteiger partial charge >= 0.3 is 0 Å². The molecular formula is C14H29N3O2. The molecule has 5 nitrogen and oxygen atoms in total. The first-order chi connectivity index (χ1) is 9.13. The molecule has 0 aromatic rings. The lowest BCUT2D eigenvalue weighted by molar-refractivity contribution is -0.123. The fraction of sp³-hybridized carbons (Fsp3) is 0.929. The van der Waals surface area contributed by atoms with Crippen molar-refractivity contribution < 1.29 is 9.53 Å². The summed E-state index contributed by atoms with van der Waals surface area (Å²) in [5.74, 6) is 0.762. The number of nitrogens with one attached hydrogen (secondary N) is 2. The van der Waals surface area contributed by atoms with E-state index in [-0.39, 0.29) is 5.91 Å². The fourth-order valence-corrected chi connectivity index (χ4v) is 2.40. The van der Waals surface area contributed by atoms with Crippen LogP contribution in [0.3, 0.4) is 0 Å². The number of ether oxygens (including phenoxy) is 1. The molecule has 1 atom stereocenters. The van der Waals surface area contributed by atoms with Crippen molar-refractivity contribution >= 4 is 5.91 Å². The van der Waals surface area contributed by atoms with Crippen LogP contribution >= 0.6 is 0 Å². The summed E-state index contributed by atoms with van der Waals surface area (Å²) < 4.78 is 4.93. The van der Waals surface area contributed by atoms with Crippen molar-refractivity contribution in [1.29, 1.82) is 0 Å². The Hall–Kier alpha value is -0.650. The Labute approximate surface area is 117 Å². The highest BCUT2D eigenvalue weighted by molar-refractivity contribution is 5.78. The van der Waals surface area contributed by atoms with E-state index >= 15 is 0 Å². The maximum absolute atomic E-state index is 11.9. The number of rotatable bonds is 8. The van der Waals surface area contributed by atoms with Gasteiger partial charge in [0.25, 0.3) is 0 Å². The predicted molar refractivity (Wildman–Crippen MR) is 77.2 cm³/mol. The molecule has 0 saturated carbocycles. The van der Waals surface area contributed by atoms with Gasteiger partial charge in [-0.05, 0) is 45.7 Å². The van der Waals surface area contributed by atoms with E-state index in [1.54, 1.807) is 7.11 Å². The second-order valence-electron chi connectivity index (χ2n) is 5.58. The molecule has 0 spiro atoms. The Kier molecular flexibility index (Phi) is 8.02. The molecule has 1 amide bonds. The lowest BCUT2D eigenvalue weighted by atomic mass is 9.98. The number of carbonyl (C=O) groups is 1. The van der Waals surface area contributed by atoms with Crippen LogP contribution in [0, 0.1) is 5.92 Å². The standard InChI is InChI=1S/C14H29N3O2/c1-12(2)17(10-13-5-4-6-15-9-13)11-14(18)16-7-8-19-3/h12-13,15H,4-11H2,1-3H3,(H,16,18). The first kappa shape index (κ1) is 16.4. The zero-order valence-electron chi connectivity index (χ0n) is 12.6. The second kappa shape index (κ2) is 9.28. The van der Waals surface area contributed by atoms with Gasteiger partial charge in [-0.3, -0.25) is 9.69 Å². The zero-order chi connectivity index (χ0) is 14.1. The van der Waals surface area contributed by atoms with Crippen LogP contribution in [-0.4, -0.2) is 63.3 Å². The summed E-state index contributed by atoms with van der Waals surface area (Å²) in [5.41, 5.74) is 0. The Morgan fingerprint density at radius 3 is 2.89 bits per heavy atom. The normalized spacial score (nSPS) is 19.9. The van der Waals surface area contributed by atoms with Gasteiger partial charge in [0.15, 0.2) is 0 Å². The van der Waals surface area contributed by atoms with Gasteiger partial charge in [0.1, 0.15) is 0 Å². The SMILES string of the molecule is COCCNC(=O)CN(CC1CCCNC1)C(C)C. The van der Waals surface area contributed by atoms with Crippen LogP contribution in [0.15, 0.2) is 0 Å². The molecule has 1 fully saturated rings. The molecule has 112 valence electrons. The number of hydrogen-bond acceptors (Lipinski definition) is 4. The molecule has 0 radical (unpaired) electrons. The summed E-state index contributed by atoms with van der Waals surface area (Å²) in [6, 6.07) is 0.398. The maximum atomic E-state index is 11.9. The van der Waals surface area contributed by atoms with E-state index in [2.05, 4.69) is 29.4 Å². The van der Waals surface area contributed by atoms with Crippen molar-refractivity contribution in [3.8, 4) is 0 Å². The van der Waals surface area contributed by atoms with Crippen LogP contribution in [0.5, 0.6) is 0 Å². The van der Waals surface area contributed by atoms with Gasteiger partial charge in [-0.1, -0.05) is 0 Å². The fourth-order valence-electron chi connectivity index (χ4n) is 2.40. The van der Waals surface area contributed by atoms with E-state index in [1.165, 1.54) is 12.8 Å². The van der Waals surface area contributed by atoms with Crippen molar-refractivity contribution in [2.24, 2.45) is 5.92 Å². The summed E-state index contributed by atoms with van der Waals surface area (Å²) in [7, 11) is 1.64. The lowest BCUT2D eigenvalue weighted by Gasteiger charge is -2.32. The third kappa shape index (κ3) is 6.89. The molecule has 0 aromatic carbocycles. The van der Waals surface area contributed by atoms with Gasteiger partial charge in [-0.25, -0.2) is 0 Å². The second-order valence-corrected chi connectivity index (χ2v) is 5.58. The number of methoxy groups -OCH3 is 1. The summed E-state index contributed by atoms with van der Waals surface area (Å²) >= 11 is 0. The van der Waals surface area contributed by atoms with Crippen molar-refractivity contribution in [2.75, 3.05) is 46.4 Å². The molecule has 1 unspecified atom stereocenters. The average Bonchev–Trinajstić information content (AvgIpc) is 2.39. The van der Waals surface area contributed by atoms with Crippen molar-refractivity contribution in [2.45, 2.75) is 32.7 Å². The third-order valence-corrected chi connectivity index (χ3v) is 3.60. The molecule has 1 aliphatic rings. The van der Waals surface area contributed by atoms with Crippen LogP contribution in [0.1, 0.15) is 26.7 Å². The minimum atomic E-state index is 0.0921. The molecule has 1 heterocycles. The third-order valence-electron chi connectivity index (χ3n) is 3.60. The Bertz CT molecular complexity index is 253. The topological polar surface area (TPSA) is 53.6 Å². The Balaban J connectivity index is 2.32. The van der Waals surface area contributed by atoms with E-state index in [0.29, 0.717) is 31.7 Å². The van der Waals surface area contributed by atoms with E-state index in [0.717, 1.165) is 19.6 Å². The molecule has 5 heteroatoms. The predicted octanol–water partition coefficient (Wildman–Crippen LogP) is 0.459. The average molecular weight is 271 g/mol. The molecule has 1 rings (SSSR count). The summed E-state index contributed by atoms with van der Waals surface area (Å²) in [4.78, 5) is 14.1. The molecule has 2 N–H and O–H groups in total. The summed E-state index contributed by atoms with van der Waals surface area (Å²) in [5, 5.41) is 6.32. The maximum Gasteiger partial charge on any atom is 0.234 e. The molecule has 0 aromatic heterocycles. The number of amides is 1. The molecule has 1 saturated heterocycles. The zero-order valence-corrected chi connectivity index (χ0v) is 12.6. The van der Waals surface area contributed by atoms with E-state index < -0.39 is 0 Å². The number of piperidine rings is 1. The van der Waals surface area contributed by atoms with E-state index in [4.69, 9.17) is 4.74 Å². The number of nitrogens with zero attached hydrogens (tertiary/aromatic N) is 1. The first-order valence-corrected chi connectivity index (χ1v) is 7.34. The van der Waals surface area contributed by atoms with Crippen LogP contribution in [-0.2, 0) is 9.53 Å². The minimum absolute atomic E-state index is 0.0921. The van der Waals surface area contributed by atoms with Gasteiger partial charge in [0, 0.05) is 26.2 Å².